The Morgan fingerprint density at radius 1 is 0.782 bits per heavy atom. The summed E-state index contributed by atoms with van der Waals surface area (Å²) in [7, 11) is -4.72. The van der Waals surface area contributed by atoms with Gasteiger partial charge >= 0.3 is 11.9 Å². The van der Waals surface area contributed by atoms with E-state index < -0.39 is 73.7 Å². The van der Waals surface area contributed by atoms with Crippen LogP contribution in [-0.4, -0.2) is 95.8 Å². The number of benzene rings is 2. The maximum Gasteiger partial charge on any atom is 0.346 e. The van der Waals surface area contributed by atoms with Gasteiger partial charge in [-0.25, -0.2) is 9.59 Å². The van der Waals surface area contributed by atoms with Crippen molar-refractivity contribution in [3.8, 4) is 0 Å². The average molecular weight is 799 g/mol. The molecule has 2 bridgehead atoms. The predicted octanol–water partition coefficient (Wildman–Crippen LogP) is 6.23. The van der Waals surface area contributed by atoms with Crippen molar-refractivity contribution >= 4 is 44.7 Å². The van der Waals surface area contributed by atoms with Gasteiger partial charge in [-0.3, -0.25) is 4.79 Å². The van der Waals surface area contributed by atoms with Gasteiger partial charge in [0.05, 0.1) is 18.8 Å². The topological polar surface area (TPSA) is 125 Å². The number of carbonyl (C=O) groups is 3. The maximum atomic E-state index is 15.3. The smallest absolute Gasteiger partial charge is 0.346 e. The van der Waals surface area contributed by atoms with E-state index in [-0.39, 0.29) is 32.0 Å². The molecule has 2 aliphatic heterocycles. The fourth-order valence-corrected chi connectivity index (χ4v) is 13.4. The van der Waals surface area contributed by atoms with E-state index in [0.29, 0.717) is 0 Å². The van der Waals surface area contributed by atoms with Crippen LogP contribution >= 0.6 is 0 Å². The normalized spacial score (nSPS) is 24.6. The van der Waals surface area contributed by atoms with Crippen LogP contribution in [-0.2, 0) is 51.7 Å². The molecule has 304 valence electrons. The molecule has 0 aromatic heterocycles. The van der Waals surface area contributed by atoms with Crippen molar-refractivity contribution in [2.24, 2.45) is 0 Å². The minimum atomic E-state index is -3.31. The monoisotopic (exact) mass is 798 g/mol. The molecule has 55 heavy (non-hydrogen) atoms. The van der Waals surface area contributed by atoms with Gasteiger partial charge in [-0.1, -0.05) is 81.4 Å². The van der Waals surface area contributed by atoms with Crippen LogP contribution in [0.4, 0.5) is 0 Å². The number of hydrogen-bond acceptors (Lipinski definition) is 11. The van der Waals surface area contributed by atoms with Crippen LogP contribution in [0.2, 0.25) is 24.7 Å². The zero-order valence-electron chi connectivity index (χ0n) is 35.2. The quantitative estimate of drug-likeness (QED) is 0.0882. The SMILES string of the molecule is COCOCC[C@@]12O[C@H](CO[Si](c3ccccc3)(c3ccccc3)C(C)(C)C)[C@@](O[Si](C)(C)C)(C(=O)OC(C)(C)C)[C@@](C(=O)OC(C)(C)C)(C=C1C(C)=O)O2. The molecular formula is C42H62O11Si2. The van der Waals surface area contributed by atoms with Gasteiger partial charge in [0.2, 0.25) is 17.0 Å². The van der Waals surface area contributed by atoms with E-state index in [1.165, 1.54) is 20.1 Å². The molecule has 0 aliphatic carbocycles. The van der Waals surface area contributed by atoms with Gasteiger partial charge in [0.25, 0.3) is 8.32 Å². The Labute approximate surface area is 329 Å². The highest BCUT2D eigenvalue weighted by atomic mass is 28.4. The highest BCUT2D eigenvalue weighted by Crippen LogP contribution is 2.57. The Bertz CT molecular complexity index is 1660. The molecule has 2 aromatic rings. The summed E-state index contributed by atoms with van der Waals surface area (Å²) in [5.41, 5.74) is -6.77. The number of rotatable bonds is 15. The molecule has 2 aromatic carbocycles. The van der Waals surface area contributed by atoms with Crippen molar-refractivity contribution in [3.05, 3.63) is 72.3 Å². The molecule has 4 atom stereocenters. The second-order valence-electron chi connectivity index (χ2n) is 18.3. The first-order valence-corrected chi connectivity index (χ1v) is 24.2. The molecule has 2 heterocycles. The van der Waals surface area contributed by atoms with Gasteiger partial charge < -0.3 is 37.3 Å². The van der Waals surface area contributed by atoms with Crippen molar-refractivity contribution in [3.63, 3.8) is 0 Å². The van der Waals surface area contributed by atoms with Crippen LogP contribution in [0.5, 0.6) is 0 Å². The molecular weight excluding hydrogens is 737 g/mol. The third kappa shape index (κ3) is 9.09. The predicted molar refractivity (Wildman–Crippen MR) is 215 cm³/mol. The van der Waals surface area contributed by atoms with E-state index in [1.54, 1.807) is 41.5 Å². The van der Waals surface area contributed by atoms with Crippen LogP contribution in [0.15, 0.2) is 72.3 Å². The van der Waals surface area contributed by atoms with Gasteiger partial charge in [0.15, 0.2) is 14.1 Å². The van der Waals surface area contributed by atoms with E-state index in [2.05, 4.69) is 45.0 Å². The van der Waals surface area contributed by atoms with Gasteiger partial charge in [0.1, 0.15) is 24.1 Å². The third-order valence-electron chi connectivity index (χ3n) is 9.32. The van der Waals surface area contributed by atoms with Crippen molar-refractivity contribution in [1.82, 2.24) is 0 Å². The average Bonchev–Trinajstić information content (AvgIpc) is 3.36. The van der Waals surface area contributed by atoms with Crippen LogP contribution < -0.4 is 10.4 Å². The highest BCUT2D eigenvalue weighted by molar-refractivity contribution is 6.99. The molecule has 13 heteroatoms. The lowest BCUT2D eigenvalue weighted by atomic mass is 9.77. The van der Waals surface area contributed by atoms with Crippen LogP contribution in [0, 0.1) is 0 Å². The minimum Gasteiger partial charge on any atom is -0.458 e. The lowest BCUT2D eigenvalue weighted by molar-refractivity contribution is -0.364. The summed E-state index contributed by atoms with van der Waals surface area (Å²) in [6.07, 6.45) is -0.0565. The Morgan fingerprint density at radius 3 is 1.73 bits per heavy atom. The van der Waals surface area contributed by atoms with E-state index >= 15 is 9.59 Å². The molecule has 4 rings (SSSR count). The van der Waals surface area contributed by atoms with Gasteiger partial charge in [-0.05, 0) is 89.6 Å². The second-order valence-corrected chi connectivity index (χ2v) is 27.0. The number of carbonyl (C=O) groups excluding carboxylic acids is 3. The van der Waals surface area contributed by atoms with Crippen LogP contribution in [0.1, 0.15) is 75.7 Å². The van der Waals surface area contributed by atoms with E-state index in [4.69, 9.17) is 37.3 Å². The lowest BCUT2D eigenvalue weighted by Gasteiger charge is -2.56. The van der Waals surface area contributed by atoms with E-state index in [9.17, 15) is 4.79 Å². The van der Waals surface area contributed by atoms with E-state index in [0.717, 1.165) is 10.4 Å². The van der Waals surface area contributed by atoms with Crippen molar-refractivity contribution < 1.29 is 51.7 Å². The van der Waals surface area contributed by atoms with Crippen molar-refractivity contribution in [2.75, 3.05) is 27.1 Å². The van der Waals surface area contributed by atoms with Crippen molar-refractivity contribution in [2.45, 2.75) is 135 Å². The summed E-state index contributed by atoms with van der Waals surface area (Å²) in [4.78, 5) is 44.2. The number of esters is 2. The highest BCUT2D eigenvalue weighted by Gasteiger charge is 2.79. The zero-order valence-corrected chi connectivity index (χ0v) is 37.2. The van der Waals surface area contributed by atoms with Gasteiger partial charge in [-0.15, -0.1) is 0 Å². The Kier molecular flexibility index (Phi) is 13.1. The second kappa shape index (κ2) is 16.1. The molecule has 0 saturated carbocycles. The first-order chi connectivity index (χ1) is 25.3. The number of hydrogen-bond donors (Lipinski definition) is 0. The maximum absolute atomic E-state index is 15.3. The van der Waals surface area contributed by atoms with Crippen molar-refractivity contribution in [1.29, 1.82) is 0 Å². The van der Waals surface area contributed by atoms with E-state index in [1.807, 2.05) is 56.0 Å². The summed E-state index contributed by atoms with van der Waals surface area (Å²) in [6.45, 7) is 23.5. The minimum absolute atomic E-state index is 0.0134. The number of ketones is 1. The number of Topliss-reactive ketones (excluding diaryl/α,β-unsaturated/α-hetero) is 1. The van der Waals surface area contributed by atoms with Crippen LogP contribution in [0.25, 0.3) is 0 Å². The zero-order chi connectivity index (χ0) is 41.3. The molecule has 0 unspecified atom stereocenters. The van der Waals surface area contributed by atoms with Gasteiger partial charge in [-0.2, -0.15) is 0 Å². The Balaban J connectivity index is 2.11. The number of methoxy groups -OCH3 is 1. The summed E-state index contributed by atoms with van der Waals surface area (Å²) >= 11 is 0. The number of fused-ring (bicyclic) bond motifs is 2. The third-order valence-corrected chi connectivity index (χ3v) is 15.3. The molecule has 0 amide bonds. The number of ether oxygens (including phenoxy) is 6. The first-order valence-electron chi connectivity index (χ1n) is 18.9. The fourth-order valence-electron chi connectivity index (χ4n) is 7.47. The molecule has 0 N–H and O–H groups in total. The standard InChI is InChI=1S/C42H62O11Si2/c1-30(43)33-27-40(35(44)50-37(2,3)4)42(53-54(12,13)14,36(45)51-38(5,6)7)34(49-41(33,52-40)25-26-47-29-46-11)28-48-55(39(8,9)10,31-21-17-15-18-22-31)32-23-19-16-20-24-32/h15-24,27,34H,25-26,28-29H2,1-14H3/t34-,40+,41+,42-/m1/s1. The molecule has 0 spiro atoms. The lowest BCUT2D eigenvalue weighted by Crippen LogP contribution is -2.79. The fraction of sp³-hybridized carbons (Fsp3) is 0.595. The summed E-state index contributed by atoms with van der Waals surface area (Å²) in [6, 6.07) is 20.1. The molecule has 2 aliphatic rings. The van der Waals surface area contributed by atoms with Crippen LogP contribution in [0.3, 0.4) is 0 Å². The largest absolute Gasteiger partial charge is 0.458 e. The summed E-state index contributed by atoms with van der Waals surface area (Å²) < 4.78 is 51.6. The molecule has 1 saturated heterocycles. The molecule has 11 nitrogen and oxygen atoms in total. The first kappa shape index (κ1) is 44.7. The molecule has 0 radical (unpaired) electrons. The van der Waals surface area contributed by atoms with Gasteiger partial charge in [0, 0.05) is 13.5 Å². The molecule has 1 fully saturated rings. The Hall–Kier alpha value is -3.02. The Morgan fingerprint density at radius 2 is 1.29 bits per heavy atom. The summed E-state index contributed by atoms with van der Waals surface area (Å²) in [5.74, 6) is -4.14. The summed E-state index contributed by atoms with van der Waals surface area (Å²) in [5, 5.41) is 1.51.